The molecule has 2 aromatic heterocycles. The molecule has 1 saturated carbocycles. The van der Waals surface area contributed by atoms with E-state index in [1.807, 2.05) is 50.4 Å². The van der Waals surface area contributed by atoms with Crippen molar-refractivity contribution >= 4 is 17.5 Å². The maximum Gasteiger partial charge on any atom is 0.226 e. The molecule has 0 bridgehead atoms. The molecule has 5 rings (SSSR count). The zero-order valence-corrected chi connectivity index (χ0v) is 19.1. The Bertz CT molecular complexity index is 1120. The number of amides is 1. The van der Waals surface area contributed by atoms with Crippen LogP contribution >= 0.6 is 11.6 Å². The molecule has 0 unspecified atom stereocenters. The second-order valence-electron chi connectivity index (χ2n) is 9.13. The van der Waals surface area contributed by atoms with Crippen LogP contribution in [0, 0.1) is 18.3 Å². The number of carbonyl (C=O) groups is 1. The number of nitrogens with zero attached hydrogens (tertiary/aromatic N) is 4. The van der Waals surface area contributed by atoms with Crippen LogP contribution in [-0.2, 0) is 17.9 Å². The number of hydrogen-bond donors (Lipinski definition) is 0. The molecule has 1 amide bonds. The van der Waals surface area contributed by atoms with Gasteiger partial charge in [0.25, 0.3) is 0 Å². The Hall–Kier alpha value is -2.64. The van der Waals surface area contributed by atoms with Gasteiger partial charge in [0, 0.05) is 18.5 Å². The minimum absolute atomic E-state index is 0.116. The van der Waals surface area contributed by atoms with Gasteiger partial charge in [0.05, 0.1) is 18.1 Å². The number of hydrogen-bond acceptors (Lipinski definition) is 6. The third kappa shape index (κ3) is 4.07. The van der Waals surface area contributed by atoms with E-state index in [0.29, 0.717) is 11.6 Å². The molecular weight excluding hydrogens is 428 g/mol. The van der Waals surface area contributed by atoms with Gasteiger partial charge in [-0.15, -0.1) is 0 Å². The lowest BCUT2D eigenvalue weighted by atomic mass is 9.90. The Morgan fingerprint density at radius 3 is 2.72 bits per heavy atom. The Balaban J connectivity index is 1.14. The molecule has 2 fully saturated rings. The number of halogens is 1. The summed E-state index contributed by atoms with van der Waals surface area (Å²) in [6, 6.07) is 11.7. The van der Waals surface area contributed by atoms with Crippen LogP contribution in [0.15, 0.2) is 45.4 Å². The maximum atomic E-state index is 13.0. The van der Waals surface area contributed by atoms with Gasteiger partial charge in [-0.3, -0.25) is 9.69 Å². The number of aromatic nitrogens is 2. The first-order chi connectivity index (χ1) is 15.4. The van der Waals surface area contributed by atoms with Crippen LogP contribution in [0.1, 0.15) is 36.4 Å². The molecule has 168 valence electrons. The Morgan fingerprint density at radius 1 is 1.22 bits per heavy atom. The summed E-state index contributed by atoms with van der Waals surface area (Å²) in [5.74, 6) is 2.06. The van der Waals surface area contributed by atoms with E-state index in [1.165, 1.54) is 0 Å². The third-order valence-electron chi connectivity index (χ3n) is 7.03. The fourth-order valence-electron chi connectivity index (χ4n) is 4.86. The van der Waals surface area contributed by atoms with Gasteiger partial charge in [-0.1, -0.05) is 34.0 Å². The number of piperidine rings is 1. The van der Waals surface area contributed by atoms with Gasteiger partial charge in [0.2, 0.25) is 5.91 Å². The highest BCUT2D eigenvalue weighted by molar-refractivity contribution is 6.33. The van der Waals surface area contributed by atoms with Crippen molar-refractivity contribution in [1.29, 1.82) is 0 Å². The molecule has 3 heterocycles. The highest BCUT2D eigenvalue weighted by Crippen LogP contribution is 2.60. The monoisotopic (exact) mass is 454 g/mol. The van der Waals surface area contributed by atoms with E-state index in [0.717, 1.165) is 67.4 Å². The summed E-state index contributed by atoms with van der Waals surface area (Å²) in [5, 5.41) is 8.38. The minimum Gasteiger partial charge on any atom is -0.460 e. The number of benzene rings is 1. The average molecular weight is 455 g/mol. The predicted octanol–water partition coefficient (Wildman–Crippen LogP) is 4.55. The van der Waals surface area contributed by atoms with Crippen molar-refractivity contribution in [2.24, 2.45) is 11.3 Å². The van der Waals surface area contributed by atoms with E-state index in [2.05, 4.69) is 15.2 Å². The summed E-state index contributed by atoms with van der Waals surface area (Å²) in [6.45, 7) is 5.01. The first-order valence-electron chi connectivity index (χ1n) is 11.0. The number of likely N-dealkylation sites (tertiary alicyclic amines) is 1. The first kappa shape index (κ1) is 21.2. The standard InChI is InChI=1S/C24H27ClN4O3/c1-16-21(27-32-26-16)15-28(2)23(30)19-13-24(19)9-11-29(12-10-24)14-17-7-8-22(31-17)18-5-3-4-6-20(18)25/h3-8,19H,9-15H2,1-2H3/t19-/m1/s1. The van der Waals surface area contributed by atoms with Crippen LogP contribution in [0.25, 0.3) is 11.3 Å². The van der Waals surface area contributed by atoms with E-state index < -0.39 is 0 Å². The normalized spacial score (nSPS) is 19.9. The third-order valence-corrected chi connectivity index (χ3v) is 7.36. The fraction of sp³-hybridized carbons (Fsp3) is 0.458. The first-order valence-corrected chi connectivity index (χ1v) is 11.4. The van der Waals surface area contributed by atoms with Crippen molar-refractivity contribution in [1.82, 2.24) is 20.1 Å². The van der Waals surface area contributed by atoms with Crippen molar-refractivity contribution in [2.45, 2.75) is 39.3 Å². The van der Waals surface area contributed by atoms with E-state index in [9.17, 15) is 4.79 Å². The zero-order chi connectivity index (χ0) is 22.3. The SMILES string of the molecule is Cc1nonc1CN(C)C(=O)[C@H]1CC12CCN(Cc1ccc(-c3ccccc3Cl)o1)CC2. The molecule has 0 radical (unpaired) electrons. The summed E-state index contributed by atoms with van der Waals surface area (Å²) in [6.07, 6.45) is 3.07. The number of furan rings is 1. The highest BCUT2D eigenvalue weighted by Gasteiger charge is 2.59. The maximum absolute atomic E-state index is 13.0. The molecular formula is C24H27ClN4O3. The van der Waals surface area contributed by atoms with Gasteiger partial charge < -0.3 is 9.32 Å². The van der Waals surface area contributed by atoms with E-state index >= 15 is 0 Å². The Morgan fingerprint density at radius 2 is 2.00 bits per heavy atom. The van der Waals surface area contributed by atoms with Gasteiger partial charge in [-0.25, -0.2) is 4.63 Å². The molecule has 0 N–H and O–H groups in total. The smallest absolute Gasteiger partial charge is 0.226 e. The van der Waals surface area contributed by atoms with Gasteiger partial charge >= 0.3 is 0 Å². The molecule has 1 aliphatic carbocycles. The summed E-state index contributed by atoms with van der Waals surface area (Å²) < 4.78 is 10.8. The largest absolute Gasteiger partial charge is 0.460 e. The van der Waals surface area contributed by atoms with Gasteiger partial charge in [0.1, 0.15) is 22.9 Å². The summed E-state index contributed by atoms with van der Waals surface area (Å²) >= 11 is 6.29. The zero-order valence-electron chi connectivity index (χ0n) is 18.4. The molecule has 3 aromatic rings. The van der Waals surface area contributed by atoms with Crippen molar-refractivity contribution < 1.29 is 13.8 Å². The van der Waals surface area contributed by atoms with Gasteiger partial charge in [-0.05, 0) is 69.0 Å². The Labute approximate surface area is 192 Å². The Kier molecular flexibility index (Phi) is 5.55. The quantitative estimate of drug-likeness (QED) is 0.543. The van der Waals surface area contributed by atoms with E-state index in [1.54, 1.807) is 4.90 Å². The van der Waals surface area contributed by atoms with Gasteiger partial charge in [-0.2, -0.15) is 0 Å². The van der Waals surface area contributed by atoms with Crippen molar-refractivity contribution in [3.05, 3.63) is 58.6 Å². The number of carbonyl (C=O) groups excluding carboxylic acids is 1. The molecule has 2 aliphatic rings. The van der Waals surface area contributed by atoms with Gasteiger partial charge in [0.15, 0.2) is 0 Å². The number of rotatable bonds is 6. The van der Waals surface area contributed by atoms with Crippen LogP contribution in [0.5, 0.6) is 0 Å². The van der Waals surface area contributed by atoms with Crippen molar-refractivity contribution in [3.8, 4) is 11.3 Å². The lowest BCUT2D eigenvalue weighted by Gasteiger charge is -2.32. The molecule has 1 aromatic carbocycles. The fourth-order valence-corrected chi connectivity index (χ4v) is 5.09. The average Bonchev–Trinajstić information content (AvgIpc) is 3.07. The predicted molar refractivity (Wildman–Crippen MR) is 120 cm³/mol. The molecule has 32 heavy (non-hydrogen) atoms. The number of aryl methyl sites for hydroxylation is 1. The van der Waals surface area contributed by atoms with Crippen molar-refractivity contribution in [2.75, 3.05) is 20.1 Å². The molecule has 1 saturated heterocycles. The second-order valence-corrected chi connectivity index (χ2v) is 9.54. The minimum atomic E-state index is 0.116. The lowest BCUT2D eigenvalue weighted by Crippen LogP contribution is -2.37. The van der Waals surface area contributed by atoms with Crippen molar-refractivity contribution in [3.63, 3.8) is 0 Å². The molecule has 1 atom stereocenters. The van der Waals surface area contributed by atoms with Crippen LogP contribution < -0.4 is 0 Å². The molecule has 1 spiro atoms. The topological polar surface area (TPSA) is 75.6 Å². The van der Waals surface area contributed by atoms with E-state index in [4.69, 9.17) is 20.6 Å². The second kappa shape index (κ2) is 8.37. The summed E-state index contributed by atoms with van der Waals surface area (Å²) in [5.41, 5.74) is 2.53. The lowest BCUT2D eigenvalue weighted by molar-refractivity contribution is -0.133. The highest BCUT2D eigenvalue weighted by atomic mass is 35.5. The summed E-state index contributed by atoms with van der Waals surface area (Å²) in [7, 11) is 1.84. The molecule has 7 nitrogen and oxygen atoms in total. The van der Waals surface area contributed by atoms with E-state index in [-0.39, 0.29) is 17.2 Å². The van der Waals surface area contributed by atoms with Crippen LogP contribution in [0.3, 0.4) is 0 Å². The molecule has 8 heteroatoms. The summed E-state index contributed by atoms with van der Waals surface area (Å²) in [4.78, 5) is 17.1. The van der Waals surface area contributed by atoms with Crippen LogP contribution in [0.4, 0.5) is 0 Å². The van der Waals surface area contributed by atoms with Crippen LogP contribution in [-0.4, -0.2) is 46.2 Å². The molecule has 1 aliphatic heterocycles. The van der Waals surface area contributed by atoms with Crippen LogP contribution in [0.2, 0.25) is 5.02 Å².